The Labute approximate surface area is 172 Å². The molecule has 4 rings (SSSR count). The normalized spacial score (nSPS) is 11.9. The summed E-state index contributed by atoms with van der Waals surface area (Å²) in [7, 11) is 0. The Balaban J connectivity index is 1.43. The Kier molecular flexibility index (Phi) is 5.62. The van der Waals surface area contributed by atoms with Gasteiger partial charge in [0.25, 0.3) is 0 Å². The quantitative estimate of drug-likeness (QED) is 0.362. The molecule has 0 aliphatic rings. The second-order valence-corrected chi connectivity index (χ2v) is 7.58. The van der Waals surface area contributed by atoms with Crippen molar-refractivity contribution in [2.45, 2.75) is 33.9 Å². The summed E-state index contributed by atoms with van der Waals surface area (Å²) in [5.41, 5.74) is 1.89. The molecule has 150 valence electrons. The number of hydrogen-bond acceptors (Lipinski definition) is 6. The predicted octanol–water partition coefficient (Wildman–Crippen LogP) is 4.42. The van der Waals surface area contributed by atoms with Crippen LogP contribution in [0.4, 0.5) is 0 Å². The van der Waals surface area contributed by atoms with E-state index in [-0.39, 0.29) is 0 Å². The summed E-state index contributed by atoms with van der Waals surface area (Å²) in [5, 5.41) is 7.33. The second-order valence-electron chi connectivity index (χ2n) is 6.55. The fourth-order valence-electron chi connectivity index (χ4n) is 2.83. The fraction of sp³-hybridized carbons (Fsp3) is 0.286. The third kappa shape index (κ3) is 4.48. The van der Waals surface area contributed by atoms with E-state index in [4.69, 9.17) is 8.83 Å². The maximum atomic E-state index is 5.96. The monoisotopic (exact) mass is 409 g/mol. The average molecular weight is 410 g/mol. The number of nitrogens with one attached hydrogen (secondary N) is 2. The number of aliphatic imine (C=N–C) groups is 1. The highest BCUT2D eigenvalue weighted by molar-refractivity contribution is 7.21. The van der Waals surface area contributed by atoms with Crippen LogP contribution < -0.4 is 10.6 Å². The van der Waals surface area contributed by atoms with Crippen LogP contribution in [0.5, 0.6) is 0 Å². The van der Waals surface area contributed by atoms with Crippen molar-refractivity contribution in [1.29, 1.82) is 0 Å². The van der Waals surface area contributed by atoms with Gasteiger partial charge in [-0.1, -0.05) is 12.1 Å². The molecule has 0 aliphatic heterocycles. The number of para-hydroxylation sites is 1. The van der Waals surface area contributed by atoms with Crippen molar-refractivity contribution in [3.05, 3.63) is 59.5 Å². The second kappa shape index (κ2) is 8.48. The molecule has 0 aliphatic carbocycles. The molecule has 0 atom stereocenters. The van der Waals surface area contributed by atoms with Crippen LogP contribution in [0.1, 0.15) is 30.0 Å². The number of thiazole rings is 1. The van der Waals surface area contributed by atoms with Crippen LogP contribution in [0, 0.1) is 13.8 Å². The van der Waals surface area contributed by atoms with Crippen molar-refractivity contribution in [2.75, 3.05) is 6.54 Å². The smallest absolute Gasteiger partial charge is 0.214 e. The molecule has 0 spiro atoms. The van der Waals surface area contributed by atoms with Crippen molar-refractivity contribution < 1.29 is 8.83 Å². The standard InChI is InChI=1S/C21H23N5O2S/c1-4-22-21(24-12-19-25-13(2)14(3)27-19)23-11-15-9-10-17(28-15)20-26-16-7-5-6-8-18(16)29-20/h5-10H,4,11-12H2,1-3H3,(H2,22,23,24). The Hall–Kier alpha value is -3.13. The number of oxazole rings is 1. The first-order valence-corrected chi connectivity index (χ1v) is 10.3. The molecule has 7 nitrogen and oxygen atoms in total. The number of rotatable bonds is 6. The molecular formula is C21H23N5O2S. The van der Waals surface area contributed by atoms with Crippen molar-refractivity contribution in [1.82, 2.24) is 20.6 Å². The molecule has 29 heavy (non-hydrogen) atoms. The van der Waals surface area contributed by atoms with E-state index in [0.717, 1.165) is 44.7 Å². The van der Waals surface area contributed by atoms with Crippen LogP contribution in [-0.4, -0.2) is 22.5 Å². The third-order valence-electron chi connectivity index (χ3n) is 4.38. The molecule has 0 saturated carbocycles. The lowest BCUT2D eigenvalue weighted by Crippen LogP contribution is -2.36. The maximum absolute atomic E-state index is 5.96. The fourth-order valence-corrected chi connectivity index (χ4v) is 3.76. The van der Waals surface area contributed by atoms with Gasteiger partial charge in [-0.25, -0.2) is 15.0 Å². The lowest BCUT2D eigenvalue weighted by Gasteiger charge is -2.09. The Morgan fingerprint density at radius 3 is 2.69 bits per heavy atom. The number of furan rings is 1. The molecule has 0 unspecified atom stereocenters. The summed E-state index contributed by atoms with van der Waals surface area (Å²) in [6, 6.07) is 12.0. The zero-order valence-corrected chi connectivity index (χ0v) is 17.5. The first-order chi connectivity index (χ1) is 14.1. The van der Waals surface area contributed by atoms with Gasteiger partial charge in [0, 0.05) is 6.54 Å². The molecule has 0 amide bonds. The summed E-state index contributed by atoms with van der Waals surface area (Å²) in [6.07, 6.45) is 0. The van der Waals surface area contributed by atoms with Crippen molar-refractivity contribution in [2.24, 2.45) is 4.99 Å². The van der Waals surface area contributed by atoms with Gasteiger partial charge in [-0.3, -0.25) is 0 Å². The van der Waals surface area contributed by atoms with E-state index in [2.05, 4.69) is 31.7 Å². The molecule has 2 N–H and O–H groups in total. The Morgan fingerprint density at radius 2 is 1.93 bits per heavy atom. The summed E-state index contributed by atoms with van der Waals surface area (Å²) >= 11 is 1.62. The lowest BCUT2D eigenvalue weighted by molar-refractivity contribution is 0.463. The van der Waals surface area contributed by atoms with Gasteiger partial charge in [0.05, 0.1) is 22.5 Å². The summed E-state index contributed by atoms with van der Waals surface area (Å²) in [6.45, 7) is 7.51. The van der Waals surface area contributed by atoms with E-state index >= 15 is 0 Å². The molecule has 0 saturated heterocycles. The Morgan fingerprint density at radius 1 is 1.07 bits per heavy atom. The van der Waals surface area contributed by atoms with E-state index in [1.165, 1.54) is 0 Å². The minimum Gasteiger partial charge on any atom is -0.457 e. The molecule has 0 bridgehead atoms. The molecule has 1 aromatic carbocycles. The largest absolute Gasteiger partial charge is 0.457 e. The van der Waals surface area contributed by atoms with Crippen LogP contribution in [0.3, 0.4) is 0 Å². The van der Waals surface area contributed by atoms with Gasteiger partial charge in [-0.05, 0) is 45.0 Å². The third-order valence-corrected chi connectivity index (χ3v) is 5.43. The first kappa shape index (κ1) is 19.2. The summed E-state index contributed by atoms with van der Waals surface area (Å²) in [4.78, 5) is 13.6. The lowest BCUT2D eigenvalue weighted by atomic mass is 10.3. The maximum Gasteiger partial charge on any atom is 0.214 e. The Bertz CT molecular complexity index is 1090. The molecule has 8 heteroatoms. The number of nitrogens with zero attached hydrogens (tertiary/aromatic N) is 3. The van der Waals surface area contributed by atoms with E-state index in [9.17, 15) is 0 Å². The first-order valence-electron chi connectivity index (χ1n) is 9.52. The van der Waals surface area contributed by atoms with E-state index in [1.807, 2.05) is 51.1 Å². The van der Waals surface area contributed by atoms with E-state index < -0.39 is 0 Å². The van der Waals surface area contributed by atoms with Gasteiger partial charge >= 0.3 is 0 Å². The number of aromatic nitrogens is 2. The zero-order valence-electron chi connectivity index (χ0n) is 16.7. The molecular weight excluding hydrogens is 386 g/mol. The van der Waals surface area contributed by atoms with Gasteiger partial charge in [-0.15, -0.1) is 11.3 Å². The topological polar surface area (TPSA) is 88.5 Å². The molecule has 3 heterocycles. The number of guanidine groups is 1. The van der Waals surface area contributed by atoms with Crippen LogP contribution in [0.2, 0.25) is 0 Å². The van der Waals surface area contributed by atoms with E-state index in [1.54, 1.807) is 11.3 Å². The van der Waals surface area contributed by atoms with Crippen LogP contribution in [0.15, 0.2) is 50.2 Å². The van der Waals surface area contributed by atoms with Crippen molar-refractivity contribution in [3.63, 3.8) is 0 Å². The van der Waals surface area contributed by atoms with Gasteiger partial charge in [0.2, 0.25) is 5.89 Å². The zero-order chi connectivity index (χ0) is 20.2. The summed E-state index contributed by atoms with van der Waals surface area (Å²) in [5.74, 6) is 3.70. The molecule has 0 fully saturated rings. The van der Waals surface area contributed by atoms with Gasteiger partial charge in [0.1, 0.15) is 18.1 Å². The number of benzene rings is 1. The number of fused-ring (bicyclic) bond motifs is 1. The minimum absolute atomic E-state index is 0.421. The van der Waals surface area contributed by atoms with Crippen LogP contribution in [0.25, 0.3) is 21.0 Å². The highest BCUT2D eigenvalue weighted by Crippen LogP contribution is 2.31. The summed E-state index contributed by atoms with van der Waals surface area (Å²) < 4.78 is 12.7. The van der Waals surface area contributed by atoms with Gasteiger partial charge < -0.3 is 19.5 Å². The number of aryl methyl sites for hydroxylation is 2. The van der Waals surface area contributed by atoms with Crippen LogP contribution >= 0.6 is 11.3 Å². The average Bonchev–Trinajstić information content (AvgIpc) is 3.42. The van der Waals surface area contributed by atoms with Gasteiger partial charge in [-0.2, -0.15) is 0 Å². The molecule has 0 radical (unpaired) electrons. The highest BCUT2D eigenvalue weighted by atomic mass is 32.1. The van der Waals surface area contributed by atoms with Gasteiger partial charge in [0.15, 0.2) is 16.7 Å². The van der Waals surface area contributed by atoms with Crippen molar-refractivity contribution >= 4 is 27.5 Å². The SMILES string of the molecule is CCNC(=NCc1ccc(-c2nc3ccccc3s2)o1)NCc1nc(C)c(C)o1. The van der Waals surface area contributed by atoms with Crippen molar-refractivity contribution in [3.8, 4) is 10.8 Å². The molecule has 4 aromatic rings. The molecule has 3 aromatic heterocycles. The minimum atomic E-state index is 0.421. The predicted molar refractivity (Wildman–Crippen MR) is 115 cm³/mol. The number of hydrogen-bond donors (Lipinski definition) is 2. The van der Waals surface area contributed by atoms with Crippen LogP contribution in [-0.2, 0) is 13.1 Å². The van der Waals surface area contributed by atoms with E-state index in [0.29, 0.717) is 24.9 Å². The highest BCUT2D eigenvalue weighted by Gasteiger charge is 2.11.